The Morgan fingerprint density at radius 3 is 3.00 bits per heavy atom. The smallest absolute Gasteiger partial charge is 0.221 e. The van der Waals surface area contributed by atoms with E-state index in [0.717, 1.165) is 32.9 Å². The van der Waals surface area contributed by atoms with Crippen molar-refractivity contribution in [1.29, 1.82) is 0 Å². The van der Waals surface area contributed by atoms with Crippen LogP contribution in [0.1, 0.15) is 6.42 Å². The van der Waals surface area contributed by atoms with Gasteiger partial charge in [0.15, 0.2) is 0 Å². The van der Waals surface area contributed by atoms with Gasteiger partial charge in [-0.15, -0.1) is 0 Å². The van der Waals surface area contributed by atoms with Gasteiger partial charge < -0.3 is 15.4 Å². The van der Waals surface area contributed by atoms with Crippen LogP contribution in [-0.4, -0.2) is 38.9 Å². The summed E-state index contributed by atoms with van der Waals surface area (Å²) in [6.45, 7) is 0.655. The zero-order chi connectivity index (χ0) is 18.8. The van der Waals surface area contributed by atoms with Crippen LogP contribution in [0.15, 0.2) is 48.8 Å². The average Bonchev–Trinajstić information content (AvgIpc) is 3.27. The zero-order valence-corrected chi connectivity index (χ0v) is 14.6. The minimum Gasteiger partial charge on any atom is -0.395 e. The second kappa shape index (κ2) is 7.20. The highest BCUT2D eigenvalue weighted by Crippen LogP contribution is 2.31. The summed E-state index contributed by atoms with van der Waals surface area (Å²) in [7, 11) is 0. The molecule has 4 aromatic rings. The van der Waals surface area contributed by atoms with Gasteiger partial charge in [-0.25, -0.2) is 4.39 Å². The SMILES string of the molecule is O=C(CCn1ncc2cc(-c3c[nH]c4cc(F)ccc34)ccc21)NCCO. The van der Waals surface area contributed by atoms with E-state index in [4.69, 9.17) is 5.11 Å². The first-order valence-electron chi connectivity index (χ1n) is 8.76. The van der Waals surface area contributed by atoms with Crippen molar-refractivity contribution in [3.63, 3.8) is 0 Å². The number of nitrogens with zero attached hydrogens (tertiary/aromatic N) is 2. The van der Waals surface area contributed by atoms with E-state index in [1.54, 1.807) is 16.9 Å². The minimum atomic E-state index is -0.268. The first-order chi connectivity index (χ1) is 13.2. The van der Waals surface area contributed by atoms with Gasteiger partial charge in [-0.2, -0.15) is 5.10 Å². The number of fused-ring (bicyclic) bond motifs is 2. The Balaban J connectivity index is 1.59. The van der Waals surface area contributed by atoms with Crippen LogP contribution in [0, 0.1) is 5.82 Å². The van der Waals surface area contributed by atoms with Crippen molar-refractivity contribution in [1.82, 2.24) is 20.1 Å². The fraction of sp³-hybridized carbons (Fsp3) is 0.200. The molecule has 0 spiro atoms. The molecule has 0 fully saturated rings. The lowest BCUT2D eigenvalue weighted by molar-refractivity contribution is -0.121. The predicted molar refractivity (Wildman–Crippen MR) is 102 cm³/mol. The molecule has 2 aromatic carbocycles. The van der Waals surface area contributed by atoms with E-state index < -0.39 is 0 Å². The summed E-state index contributed by atoms with van der Waals surface area (Å²) in [6.07, 6.45) is 3.95. The van der Waals surface area contributed by atoms with E-state index in [0.29, 0.717) is 13.0 Å². The van der Waals surface area contributed by atoms with Gasteiger partial charge in [-0.3, -0.25) is 9.48 Å². The number of rotatable bonds is 6. The van der Waals surface area contributed by atoms with Gasteiger partial charge in [-0.1, -0.05) is 6.07 Å². The highest BCUT2D eigenvalue weighted by atomic mass is 19.1. The van der Waals surface area contributed by atoms with Gasteiger partial charge in [0.1, 0.15) is 5.82 Å². The highest BCUT2D eigenvalue weighted by Gasteiger charge is 2.10. The van der Waals surface area contributed by atoms with Gasteiger partial charge in [-0.05, 0) is 35.9 Å². The summed E-state index contributed by atoms with van der Waals surface area (Å²) in [6, 6.07) is 10.7. The summed E-state index contributed by atoms with van der Waals surface area (Å²) in [4.78, 5) is 14.8. The first-order valence-corrected chi connectivity index (χ1v) is 8.76. The Labute approximate surface area is 154 Å². The van der Waals surface area contributed by atoms with Crippen molar-refractivity contribution in [3.8, 4) is 11.1 Å². The van der Waals surface area contributed by atoms with Crippen molar-refractivity contribution in [2.45, 2.75) is 13.0 Å². The van der Waals surface area contributed by atoms with Crippen molar-refractivity contribution in [2.24, 2.45) is 0 Å². The molecule has 138 valence electrons. The predicted octanol–water partition coefficient (Wildman–Crippen LogP) is 2.82. The van der Waals surface area contributed by atoms with Crippen LogP contribution in [0.5, 0.6) is 0 Å². The monoisotopic (exact) mass is 366 g/mol. The minimum absolute atomic E-state index is 0.0697. The standard InChI is InChI=1S/C20H19FN4O2/c21-15-2-3-16-17(12-23-18(16)10-15)13-1-4-19-14(9-13)11-24-25(19)7-5-20(27)22-6-8-26/h1-4,9-12,23,26H,5-8H2,(H,22,27). The van der Waals surface area contributed by atoms with Gasteiger partial charge >= 0.3 is 0 Å². The van der Waals surface area contributed by atoms with Crippen LogP contribution in [0.25, 0.3) is 32.9 Å². The van der Waals surface area contributed by atoms with Crippen molar-refractivity contribution in [2.75, 3.05) is 13.2 Å². The van der Waals surface area contributed by atoms with Gasteiger partial charge in [0.05, 0.1) is 24.9 Å². The number of H-pyrrole nitrogens is 1. The van der Waals surface area contributed by atoms with E-state index in [-0.39, 0.29) is 24.9 Å². The van der Waals surface area contributed by atoms with Gasteiger partial charge in [0.25, 0.3) is 0 Å². The van der Waals surface area contributed by atoms with Crippen LogP contribution in [0.3, 0.4) is 0 Å². The Kier molecular flexibility index (Phi) is 4.60. The quantitative estimate of drug-likeness (QED) is 0.491. The molecule has 0 atom stereocenters. The molecule has 0 aliphatic rings. The maximum Gasteiger partial charge on any atom is 0.221 e. The number of aryl methyl sites for hydroxylation is 1. The molecule has 4 rings (SSSR count). The third kappa shape index (κ3) is 3.41. The molecule has 0 saturated carbocycles. The van der Waals surface area contributed by atoms with Crippen molar-refractivity contribution >= 4 is 27.7 Å². The summed E-state index contributed by atoms with van der Waals surface area (Å²) in [5.41, 5.74) is 3.72. The molecule has 3 N–H and O–H groups in total. The lowest BCUT2D eigenvalue weighted by Crippen LogP contribution is -2.27. The molecular formula is C20H19FN4O2. The first kappa shape index (κ1) is 17.2. The topological polar surface area (TPSA) is 82.9 Å². The Bertz CT molecular complexity index is 1120. The molecule has 2 aromatic heterocycles. The number of hydrogen-bond acceptors (Lipinski definition) is 3. The Hall–Kier alpha value is -3.19. The molecule has 0 aliphatic heterocycles. The lowest BCUT2D eigenvalue weighted by atomic mass is 10.0. The fourth-order valence-electron chi connectivity index (χ4n) is 3.26. The van der Waals surface area contributed by atoms with Crippen LogP contribution in [-0.2, 0) is 11.3 Å². The van der Waals surface area contributed by atoms with Gasteiger partial charge in [0.2, 0.25) is 5.91 Å². The van der Waals surface area contributed by atoms with Crippen LogP contribution in [0.4, 0.5) is 4.39 Å². The zero-order valence-electron chi connectivity index (χ0n) is 14.6. The van der Waals surface area contributed by atoms with Crippen molar-refractivity contribution < 1.29 is 14.3 Å². The number of aliphatic hydroxyl groups is 1. The van der Waals surface area contributed by atoms with Crippen LogP contribution < -0.4 is 5.32 Å². The Morgan fingerprint density at radius 1 is 1.26 bits per heavy atom. The molecule has 0 unspecified atom stereocenters. The number of nitrogens with one attached hydrogen (secondary N) is 2. The van der Waals surface area contributed by atoms with Crippen LogP contribution >= 0.6 is 0 Å². The molecule has 27 heavy (non-hydrogen) atoms. The maximum absolute atomic E-state index is 13.4. The largest absolute Gasteiger partial charge is 0.395 e. The third-order valence-corrected chi connectivity index (χ3v) is 4.58. The molecule has 2 heterocycles. The van der Waals surface area contributed by atoms with Crippen molar-refractivity contribution in [3.05, 3.63) is 54.6 Å². The Morgan fingerprint density at radius 2 is 2.15 bits per heavy atom. The molecule has 1 amide bonds. The number of carbonyl (C=O) groups excluding carboxylic acids is 1. The fourth-order valence-corrected chi connectivity index (χ4v) is 3.26. The van der Waals surface area contributed by atoms with E-state index in [1.165, 1.54) is 12.1 Å². The molecule has 0 bridgehead atoms. The molecule has 6 nitrogen and oxygen atoms in total. The number of amides is 1. The second-order valence-corrected chi connectivity index (χ2v) is 6.36. The number of aromatic amines is 1. The molecule has 0 saturated heterocycles. The number of hydrogen-bond donors (Lipinski definition) is 3. The summed E-state index contributed by atoms with van der Waals surface area (Å²) in [5, 5.41) is 17.7. The highest BCUT2D eigenvalue weighted by molar-refractivity contribution is 5.97. The molecule has 0 aliphatic carbocycles. The van der Waals surface area contributed by atoms with E-state index >= 15 is 0 Å². The molecular weight excluding hydrogens is 347 g/mol. The number of benzene rings is 2. The van der Waals surface area contributed by atoms with E-state index in [2.05, 4.69) is 15.4 Å². The second-order valence-electron chi connectivity index (χ2n) is 6.36. The number of aliphatic hydroxyl groups excluding tert-OH is 1. The maximum atomic E-state index is 13.4. The number of halogens is 1. The normalized spacial score (nSPS) is 11.3. The molecule has 7 heteroatoms. The lowest BCUT2D eigenvalue weighted by Gasteiger charge is -2.06. The van der Waals surface area contributed by atoms with Gasteiger partial charge in [0, 0.05) is 41.0 Å². The summed E-state index contributed by atoms with van der Waals surface area (Å²) < 4.78 is 15.2. The summed E-state index contributed by atoms with van der Waals surface area (Å²) in [5.74, 6) is -0.383. The van der Waals surface area contributed by atoms with E-state index in [1.807, 2.05) is 24.4 Å². The molecule has 0 radical (unpaired) electrons. The van der Waals surface area contributed by atoms with Crippen LogP contribution in [0.2, 0.25) is 0 Å². The number of aromatic nitrogens is 3. The average molecular weight is 366 g/mol. The summed E-state index contributed by atoms with van der Waals surface area (Å²) >= 11 is 0. The van der Waals surface area contributed by atoms with E-state index in [9.17, 15) is 9.18 Å². The third-order valence-electron chi connectivity index (χ3n) is 4.58. The number of carbonyl (C=O) groups is 1.